The Balaban J connectivity index is 2.03. The lowest BCUT2D eigenvalue weighted by Crippen LogP contribution is -2.13. The number of rotatable bonds is 6. The summed E-state index contributed by atoms with van der Waals surface area (Å²) in [4.78, 5) is 24.6. The number of nitrogens with one attached hydrogen (secondary N) is 2. The maximum atomic E-state index is 13.6. The van der Waals surface area contributed by atoms with Gasteiger partial charge in [0.2, 0.25) is 11.7 Å². The van der Waals surface area contributed by atoms with Crippen LogP contribution in [0.3, 0.4) is 0 Å². The molecule has 0 saturated heterocycles. The third-order valence-corrected chi connectivity index (χ3v) is 3.77. The molecule has 0 spiro atoms. The Hall–Kier alpha value is -3.50. The summed E-state index contributed by atoms with van der Waals surface area (Å²) in [6.45, 7) is 5.96. The van der Waals surface area contributed by atoms with Gasteiger partial charge in [-0.15, -0.1) is 0 Å². The summed E-state index contributed by atoms with van der Waals surface area (Å²) in [7, 11) is 0. The van der Waals surface area contributed by atoms with Gasteiger partial charge in [0.1, 0.15) is 17.3 Å². The first-order valence-electron chi connectivity index (χ1n) is 8.81. The van der Waals surface area contributed by atoms with Crippen molar-refractivity contribution in [3.63, 3.8) is 0 Å². The molecule has 0 radical (unpaired) electrons. The Labute approximate surface area is 165 Å². The number of nitrogens with zero attached hydrogens (tertiary/aromatic N) is 6. The Morgan fingerprint density at radius 3 is 2.59 bits per heavy atom. The fourth-order valence-electron chi connectivity index (χ4n) is 2.44. The lowest BCUT2D eigenvalue weighted by molar-refractivity contribution is -0.114. The number of aromatic nitrogens is 6. The molecule has 0 atom stereocenters. The van der Waals surface area contributed by atoms with Gasteiger partial charge in [-0.05, 0) is 19.9 Å². The molecular formula is C18H20F2N8O. The zero-order valence-corrected chi connectivity index (χ0v) is 16.3. The van der Waals surface area contributed by atoms with Gasteiger partial charge in [-0.2, -0.15) is 23.8 Å². The minimum Gasteiger partial charge on any atom is -0.339 e. The normalized spacial score (nSPS) is 11.6. The SMILES string of the molecule is CC(=O)Nc1cc(Nc2ccnc(C(C)(F)F)n2)c(-c2cnn(C(C)C)n2)cn1. The number of hydrogen-bond donors (Lipinski definition) is 2. The van der Waals surface area contributed by atoms with E-state index in [0.717, 1.165) is 6.92 Å². The third-order valence-electron chi connectivity index (χ3n) is 3.77. The van der Waals surface area contributed by atoms with E-state index in [1.54, 1.807) is 17.1 Å². The van der Waals surface area contributed by atoms with Crippen LogP contribution in [0, 0.1) is 0 Å². The Morgan fingerprint density at radius 1 is 1.21 bits per heavy atom. The van der Waals surface area contributed by atoms with Crippen LogP contribution in [0.1, 0.15) is 39.6 Å². The van der Waals surface area contributed by atoms with Crippen LogP contribution >= 0.6 is 0 Å². The van der Waals surface area contributed by atoms with Crippen molar-refractivity contribution in [3.05, 3.63) is 36.5 Å². The van der Waals surface area contributed by atoms with Crippen LogP contribution in [0.4, 0.5) is 26.1 Å². The van der Waals surface area contributed by atoms with Gasteiger partial charge in [0.15, 0.2) is 0 Å². The van der Waals surface area contributed by atoms with Crippen molar-refractivity contribution in [3.8, 4) is 11.3 Å². The molecule has 152 valence electrons. The van der Waals surface area contributed by atoms with Crippen LogP contribution < -0.4 is 10.6 Å². The Kier molecular flexibility index (Phi) is 5.48. The van der Waals surface area contributed by atoms with E-state index in [1.807, 2.05) is 13.8 Å². The lowest BCUT2D eigenvalue weighted by atomic mass is 10.1. The minimum absolute atomic E-state index is 0.0583. The Bertz CT molecular complexity index is 1030. The van der Waals surface area contributed by atoms with E-state index in [-0.39, 0.29) is 23.6 Å². The van der Waals surface area contributed by atoms with Gasteiger partial charge in [0.25, 0.3) is 0 Å². The molecule has 0 aromatic carbocycles. The van der Waals surface area contributed by atoms with E-state index >= 15 is 0 Å². The summed E-state index contributed by atoms with van der Waals surface area (Å²) in [6.07, 6.45) is 4.33. The summed E-state index contributed by atoms with van der Waals surface area (Å²) in [5, 5.41) is 14.2. The quantitative estimate of drug-likeness (QED) is 0.649. The van der Waals surface area contributed by atoms with Gasteiger partial charge < -0.3 is 10.6 Å². The van der Waals surface area contributed by atoms with Crippen molar-refractivity contribution in [2.24, 2.45) is 0 Å². The standard InChI is InChI=1S/C18H20F2N8O/c1-10(2)28-23-9-14(27-28)12-8-22-16(24-11(3)29)7-13(12)25-15-5-6-21-17(26-15)18(4,19)20/h5-10H,1-4H3,(H2,21,22,24,25,26,29). The van der Waals surface area contributed by atoms with Crippen LogP contribution in [0.15, 0.2) is 30.7 Å². The topological polar surface area (TPSA) is 111 Å². The van der Waals surface area contributed by atoms with Gasteiger partial charge in [-0.3, -0.25) is 4.79 Å². The van der Waals surface area contributed by atoms with Crippen molar-refractivity contribution in [1.29, 1.82) is 0 Å². The fourth-order valence-corrected chi connectivity index (χ4v) is 2.44. The van der Waals surface area contributed by atoms with Crippen molar-refractivity contribution < 1.29 is 13.6 Å². The first kappa shape index (κ1) is 20.2. The second-order valence-electron chi connectivity index (χ2n) is 6.72. The summed E-state index contributed by atoms with van der Waals surface area (Å²) in [5.74, 6) is -3.63. The molecule has 0 bridgehead atoms. The fraction of sp³-hybridized carbons (Fsp3) is 0.333. The van der Waals surface area contributed by atoms with Crippen LogP contribution in [-0.4, -0.2) is 35.9 Å². The van der Waals surface area contributed by atoms with E-state index in [0.29, 0.717) is 16.9 Å². The molecule has 3 aromatic rings. The first-order valence-corrected chi connectivity index (χ1v) is 8.81. The predicted molar refractivity (Wildman–Crippen MR) is 103 cm³/mol. The maximum Gasteiger partial charge on any atom is 0.303 e. The molecular weight excluding hydrogens is 382 g/mol. The summed E-state index contributed by atoms with van der Waals surface area (Å²) < 4.78 is 27.1. The van der Waals surface area contributed by atoms with E-state index in [2.05, 4.69) is 35.8 Å². The van der Waals surface area contributed by atoms with Crippen LogP contribution in [-0.2, 0) is 10.7 Å². The highest BCUT2D eigenvalue weighted by Crippen LogP contribution is 2.31. The van der Waals surface area contributed by atoms with E-state index in [4.69, 9.17) is 0 Å². The monoisotopic (exact) mass is 402 g/mol. The number of hydrogen-bond acceptors (Lipinski definition) is 7. The highest BCUT2D eigenvalue weighted by molar-refractivity contribution is 5.89. The maximum absolute atomic E-state index is 13.6. The van der Waals surface area contributed by atoms with Crippen molar-refractivity contribution in [1.82, 2.24) is 29.9 Å². The van der Waals surface area contributed by atoms with Crippen LogP contribution in [0.2, 0.25) is 0 Å². The molecule has 0 aliphatic heterocycles. The van der Waals surface area contributed by atoms with Gasteiger partial charge >= 0.3 is 5.92 Å². The van der Waals surface area contributed by atoms with E-state index in [1.165, 1.54) is 25.4 Å². The van der Waals surface area contributed by atoms with Crippen molar-refractivity contribution in [2.45, 2.75) is 39.7 Å². The predicted octanol–water partition coefficient (Wildman–Crippen LogP) is 3.52. The molecule has 0 saturated carbocycles. The molecule has 2 N–H and O–H groups in total. The van der Waals surface area contributed by atoms with E-state index < -0.39 is 11.7 Å². The number of alkyl halides is 2. The molecule has 3 aromatic heterocycles. The second-order valence-corrected chi connectivity index (χ2v) is 6.72. The molecule has 3 heterocycles. The summed E-state index contributed by atoms with van der Waals surface area (Å²) in [6, 6.07) is 3.09. The molecule has 29 heavy (non-hydrogen) atoms. The molecule has 0 aliphatic rings. The highest BCUT2D eigenvalue weighted by Gasteiger charge is 2.28. The number of anilines is 3. The Morgan fingerprint density at radius 2 is 1.97 bits per heavy atom. The largest absolute Gasteiger partial charge is 0.339 e. The van der Waals surface area contributed by atoms with Crippen molar-refractivity contribution in [2.75, 3.05) is 10.6 Å². The molecule has 1 amide bonds. The first-order chi connectivity index (χ1) is 13.6. The zero-order valence-electron chi connectivity index (χ0n) is 16.3. The molecule has 0 unspecified atom stereocenters. The number of pyridine rings is 1. The van der Waals surface area contributed by atoms with Gasteiger partial charge in [-0.1, -0.05) is 0 Å². The second kappa shape index (κ2) is 7.86. The van der Waals surface area contributed by atoms with Crippen LogP contribution in [0.5, 0.6) is 0 Å². The average Bonchev–Trinajstić information content (AvgIpc) is 3.11. The number of amides is 1. The lowest BCUT2D eigenvalue weighted by Gasteiger charge is -2.14. The third kappa shape index (κ3) is 4.86. The smallest absolute Gasteiger partial charge is 0.303 e. The van der Waals surface area contributed by atoms with Crippen molar-refractivity contribution >= 4 is 23.2 Å². The highest BCUT2D eigenvalue weighted by atomic mass is 19.3. The van der Waals surface area contributed by atoms with E-state index in [9.17, 15) is 13.6 Å². The minimum atomic E-state index is -3.18. The number of halogens is 2. The molecule has 11 heteroatoms. The van der Waals surface area contributed by atoms with Crippen LogP contribution in [0.25, 0.3) is 11.3 Å². The molecule has 9 nitrogen and oxygen atoms in total. The number of carbonyl (C=O) groups excluding carboxylic acids is 1. The molecule has 3 rings (SSSR count). The number of carbonyl (C=O) groups is 1. The molecule has 0 fully saturated rings. The summed E-state index contributed by atoms with van der Waals surface area (Å²) in [5.41, 5.74) is 1.55. The summed E-state index contributed by atoms with van der Waals surface area (Å²) >= 11 is 0. The average molecular weight is 402 g/mol. The zero-order chi connectivity index (χ0) is 21.2. The molecule has 0 aliphatic carbocycles. The van der Waals surface area contributed by atoms with Gasteiger partial charge in [-0.25, -0.2) is 15.0 Å². The van der Waals surface area contributed by atoms with Gasteiger partial charge in [0, 0.05) is 37.9 Å². The van der Waals surface area contributed by atoms with Gasteiger partial charge in [0.05, 0.1) is 17.9 Å².